The van der Waals surface area contributed by atoms with Gasteiger partial charge in [-0.2, -0.15) is 0 Å². The number of fused-ring (bicyclic) bond motifs is 2. The SMILES string of the molecule is C=C(N)c1ccc2c(c1)nc(-c1ccc(OCc3cccc(COc4ccc(-c5nc6cc(C(=N)N)ccc6n5C)cc4)n3)cc1)n2C. The van der Waals surface area contributed by atoms with Gasteiger partial charge in [0.05, 0.1) is 33.5 Å². The van der Waals surface area contributed by atoms with E-state index < -0.39 is 0 Å². The minimum absolute atomic E-state index is 0.0226. The minimum Gasteiger partial charge on any atom is -0.487 e. The summed E-state index contributed by atoms with van der Waals surface area (Å²) in [5.74, 6) is 3.16. The Morgan fingerprint density at radius 3 is 1.56 bits per heavy atom. The van der Waals surface area contributed by atoms with Crippen LogP contribution in [0.2, 0.25) is 0 Å². The normalized spacial score (nSPS) is 11.2. The van der Waals surface area contributed by atoms with Gasteiger partial charge in [0.2, 0.25) is 0 Å². The fourth-order valence-corrected chi connectivity index (χ4v) is 5.69. The molecule has 7 rings (SSSR count). The number of nitrogens with zero attached hydrogens (tertiary/aromatic N) is 5. The number of nitrogen functional groups attached to an aromatic ring is 1. The molecule has 0 amide bonds. The highest BCUT2D eigenvalue weighted by molar-refractivity contribution is 5.98. The van der Waals surface area contributed by atoms with Crippen LogP contribution in [0.4, 0.5) is 0 Å². The van der Waals surface area contributed by atoms with Crippen LogP contribution in [0.3, 0.4) is 0 Å². The van der Waals surface area contributed by atoms with Crippen molar-refractivity contribution < 1.29 is 9.47 Å². The second-order valence-corrected chi connectivity index (χ2v) is 11.6. The van der Waals surface area contributed by atoms with Gasteiger partial charge in [-0.1, -0.05) is 18.7 Å². The van der Waals surface area contributed by atoms with Crippen molar-refractivity contribution >= 4 is 33.6 Å². The molecule has 0 radical (unpaired) electrons. The van der Waals surface area contributed by atoms with Crippen LogP contribution in [0.1, 0.15) is 22.5 Å². The second-order valence-electron chi connectivity index (χ2n) is 11.6. The molecule has 4 aromatic carbocycles. The number of ether oxygens (including phenoxy) is 2. The van der Waals surface area contributed by atoms with Gasteiger partial charge < -0.3 is 30.1 Å². The molecular formula is C38H34N8O2. The molecule has 10 nitrogen and oxygen atoms in total. The molecule has 0 saturated carbocycles. The maximum Gasteiger partial charge on any atom is 0.140 e. The van der Waals surface area contributed by atoms with Crippen LogP contribution in [0.15, 0.2) is 110 Å². The van der Waals surface area contributed by atoms with Crippen LogP contribution in [-0.2, 0) is 27.3 Å². The van der Waals surface area contributed by atoms with E-state index >= 15 is 0 Å². The predicted octanol–water partition coefficient (Wildman–Crippen LogP) is 6.56. The molecule has 0 bridgehead atoms. The molecule has 0 fully saturated rings. The number of benzene rings is 4. The Balaban J connectivity index is 0.968. The zero-order valence-corrected chi connectivity index (χ0v) is 26.6. The first-order valence-electron chi connectivity index (χ1n) is 15.4. The van der Waals surface area contributed by atoms with E-state index in [1.807, 2.05) is 122 Å². The van der Waals surface area contributed by atoms with E-state index in [2.05, 4.69) is 11.1 Å². The largest absolute Gasteiger partial charge is 0.487 e. The molecule has 10 heteroatoms. The van der Waals surface area contributed by atoms with E-state index in [9.17, 15) is 0 Å². The maximum atomic E-state index is 7.70. The molecule has 5 N–H and O–H groups in total. The fraction of sp³-hybridized carbons (Fsp3) is 0.105. The van der Waals surface area contributed by atoms with Crippen molar-refractivity contribution in [1.82, 2.24) is 24.1 Å². The molecule has 0 saturated heterocycles. The quantitative estimate of drug-likeness (QED) is 0.114. The van der Waals surface area contributed by atoms with Gasteiger partial charge in [-0.25, -0.2) is 9.97 Å². The summed E-state index contributed by atoms with van der Waals surface area (Å²) in [6.45, 7) is 4.47. The molecule has 0 unspecified atom stereocenters. The molecule has 0 aliphatic rings. The number of nitrogens with one attached hydrogen (secondary N) is 1. The van der Waals surface area contributed by atoms with Crippen LogP contribution >= 0.6 is 0 Å². The van der Waals surface area contributed by atoms with Gasteiger partial charge in [0.25, 0.3) is 0 Å². The van der Waals surface area contributed by atoms with E-state index in [0.29, 0.717) is 24.5 Å². The lowest BCUT2D eigenvalue weighted by Crippen LogP contribution is -2.10. The molecule has 0 aliphatic heterocycles. The van der Waals surface area contributed by atoms with E-state index in [1.165, 1.54) is 0 Å². The highest BCUT2D eigenvalue weighted by Crippen LogP contribution is 2.28. The van der Waals surface area contributed by atoms with Crippen LogP contribution in [0.5, 0.6) is 11.5 Å². The molecule has 3 heterocycles. The van der Waals surface area contributed by atoms with E-state index in [-0.39, 0.29) is 5.84 Å². The number of hydrogen-bond donors (Lipinski definition) is 3. The van der Waals surface area contributed by atoms with Gasteiger partial charge in [0.1, 0.15) is 42.2 Å². The summed E-state index contributed by atoms with van der Waals surface area (Å²) in [6, 6.07) is 33.1. The summed E-state index contributed by atoms with van der Waals surface area (Å²) in [7, 11) is 3.97. The van der Waals surface area contributed by atoms with Crippen LogP contribution < -0.4 is 20.9 Å². The number of aryl methyl sites for hydroxylation is 2. The lowest BCUT2D eigenvalue weighted by atomic mass is 10.1. The van der Waals surface area contributed by atoms with Crippen molar-refractivity contribution in [2.75, 3.05) is 0 Å². The summed E-state index contributed by atoms with van der Waals surface area (Å²) in [5.41, 5.74) is 20.8. The van der Waals surface area contributed by atoms with Crippen molar-refractivity contribution in [2.24, 2.45) is 25.6 Å². The lowest BCUT2D eigenvalue weighted by molar-refractivity contribution is 0.290. The number of imidazole rings is 2. The summed E-state index contributed by atoms with van der Waals surface area (Å²) in [6.07, 6.45) is 0. The van der Waals surface area contributed by atoms with E-state index in [4.69, 9.17) is 41.3 Å². The first kappa shape index (κ1) is 30.2. The highest BCUT2D eigenvalue weighted by Gasteiger charge is 2.13. The number of amidine groups is 1. The van der Waals surface area contributed by atoms with Gasteiger partial charge in [0.15, 0.2) is 0 Å². The minimum atomic E-state index is 0.0226. The Morgan fingerprint density at radius 1 is 0.646 bits per heavy atom. The third kappa shape index (κ3) is 5.94. The molecule has 238 valence electrons. The van der Waals surface area contributed by atoms with Crippen molar-refractivity contribution in [2.45, 2.75) is 13.2 Å². The summed E-state index contributed by atoms with van der Waals surface area (Å²) in [4.78, 5) is 14.3. The van der Waals surface area contributed by atoms with Gasteiger partial charge in [-0.3, -0.25) is 10.4 Å². The Bertz CT molecular complexity index is 2160. The fourth-order valence-electron chi connectivity index (χ4n) is 5.69. The van der Waals surface area contributed by atoms with Gasteiger partial charge >= 0.3 is 0 Å². The zero-order valence-electron chi connectivity index (χ0n) is 26.6. The second kappa shape index (κ2) is 12.4. The van der Waals surface area contributed by atoms with Crippen molar-refractivity contribution in [3.8, 4) is 34.3 Å². The molecule has 48 heavy (non-hydrogen) atoms. The smallest absolute Gasteiger partial charge is 0.140 e. The van der Waals surface area contributed by atoms with E-state index in [0.717, 1.165) is 73.3 Å². The van der Waals surface area contributed by atoms with Crippen LogP contribution in [0, 0.1) is 5.41 Å². The average molecular weight is 635 g/mol. The van der Waals surface area contributed by atoms with Crippen LogP contribution in [0.25, 0.3) is 50.5 Å². The third-order valence-corrected chi connectivity index (χ3v) is 8.31. The molecular weight excluding hydrogens is 600 g/mol. The Hall–Kier alpha value is -6.42. The first-order chi connectivity index (χ1) is 23.2. The highest BCUT2D eigenvalue weighted by atomic mass is 16.5. The predicted molar refractivity (Wildman–Crippen MR) is 189 cm³/mol. The van der Waals surface area contributed by atoms with Gasteiger partial charge in [0, 0.05) is 36.5 Å². The summed E-state index contributed by atoms with van der Waals surface area (Å²) < 4.78 is 16.2. The van der Waals surface area contributed by atoms with Crippen molar-refractivity contribution in [1.29, 1.82) is 5.41 Å². The summed E-state index contributed by atoms with van der Waals surface area (Å²) in [5, 5.41) is 7.70. The van der Waals surface area contributed by atoms with Gasteiger partial charge in [-0.05, 0) is 96.6 Å². The Labute approximate surface area is 277 Å². The number of pyridine rings is 1. The third-order valence-electron chi connectivity index (χ3n) is 8.31. The van der Waals surface area contributed by atoms with Gasteiger partial charge in [-0.15, -0.1) is 0 Å². The standard InChI is InChI=1S/C38H34N8O2/c1-23(39)26-11-17-34-32(19-26)43-37(45(34)2)24-7-13-30(14-8-24)47-21-28-5-4-6-29(42-28)22-48-31-15-9-25(10-16-31)38-44-33-20-27(36(40)41)12-18-35(33)46(38)3/h4-20H,1,21-22,39H2,2-3H3,(H3,40,41). The number of rotatable bonds is 10. The molecule has 0 spiro atoms. The zero-order chi connectivity index (χ0) is 33.4. The lowest BCUT2D eigenvalue weighted by Gasteiger charge is -2.10. The maximum absolute atomic E-state index is 7.70. The number of aromatic nitrogens is 5. The van der Waals surface area contributed by atoms with Crippen molar-refractivity contribution in [3.05, 3.63) is 132 Å². The number of hydrogen-bond acceptors (Lipinski definition) is 7. The average Bonchev–Trinajstić information content (AvgIpc) is 3.62. The Morgan fingerprint density at radius 2 is 1.10 bits per heavy atom. The molecule has 0 atom stereocenters. The van der Waals surface area contributed by atoms with Crippen LogP contribution in [-0.4, -0.2) is 29.9 Å². The Kier molecular flexibility index (Phi) is 7.82. The van der Waals surface area contributed by atoms with E-state index in [1.54, 1.807) is 0 Å². The molecule has 3 aromatic heterocycles. The topological polar surface area (TPSA) is 143 Å². The molecule has 7 aromatic rings. The first-order valence-corrected chi connectivity index (χ1v) is 15.4. The number of nitrogens with two attached hydrogens (primary N) is 2. The molecule has 0 aliphatic carbocycles. The monoisotopic (exact) mass is 634 g/mol. The van der Waals surface area contributed by atoms with Crippen molar-refractivity contribution in [3.63, 3.8) is 0 Å². The summed E-state index contributed by atoms with van der Waals surface area (Å²) >= 11 is 0.